The number of piperidine rings is 1. The van der Waals surface area contributed by atoms with Crippen LogP contribution < -0.4 is 11.5 Å². The Morgan fingerprint density at radius 2 is 1.41 bits per heavy atom. The Kier molecular flexibility index (Phi) is 5.61. The number of hydrogen-bond acceptors (Lipinski definition) is 2. The maximum absolute atomic E-state index is 5.75. The van der Waals surface area contributed by atoms with Crippen molar-refractivity contribution in [3.05, 3.63) is 0 Å². The molecular weight excluding hydrogens is 272 g/mol. The molecule has 0 bridgehead atoms. The Bertz CT molecular complexity index is 365. The highest BCUT2D eigenvalue weighted by atomic mass is 15.2. The summed E-state index contributed by atoms with van der Waals surface area (Å²) >= 11 is 0. The zero-order valence-corrected chi connectivity index (χ0v) is 14.1. The molecule has 4 nitrogen and oxygen atoms in total. The molecule has 0 aromatic carbocycles. The fourth-order valence-electron chi connectivity index (χ4n) is 5.26. The second kappa shape index (κ2) is 7.67. The van der Waals surface area contributed by atoms with Gasteiger partial charge in [0.1, 0.15) is 0 Å². The van der Waals surface area contributed by atoms with E-state index in [1.807, 2.05) is 0 Å². The van der Waals surface area contributed by atoms with Gasteiger partial charge in [0.2, 0.25) is 0 Å². The fourth-order valence-corrected chi connectivity index (χ4v) is 5.26. The first-order valence-electron chi connectivity index (χ1n) is 9.60. The highest BCUT2D eigenvalue weighted by molar-refractivity contribution is 5.75. The molecule has 1 aliphatic heterocycles. The molecule has 0 radical (unpaired) electrons. The van der Waals surface area contributed by atoms with Crippen LogP contribution in [-0.4, -0.2) is 35.5 Å². The number of nitrogens with two attached hydrogens (primary N) is 2. The summed E-state index contributed by atoms with van der Waals surface area (Å²) in [5, 5.41) is 0. The van der Waals surface area contributed by atoms with E-state index < -0.39 is 0 Å². The van der Waals surface area contributed by atoms with Crippen LogP contribution in [0.5, 0.6) is 0 Å². The monoisotopic (exact) mass is 306 g/mol. The van der Waals surface area contributed by atoms with Crippen molar-refractivity contribution in [3.63, 3.8) is 0 Å². The van der Waals surface area contributed by atoms with Crippen LogP contribution in [0.1, 0.15) is 77.0 Å². The normalized spacial score (nSPS) is 32.7. The SMILES string of the molecule is NC(N)=NC1CCCN(C2CCCCC2)C1C1CCCCC1. The summed E-state index contributed by atoms with van der Waals surface area (Å²) < 4.78 is 0. The average molecular weight is 306 g/mol. The Morgan fingerprint density at radius 1 is 0.773 bits per heavy atom. The standard InChI is InChI=1S/C18H34N4/c19-18(20)21-16-12-7-13-22(15-10-5-2-6-11-15)17(16)14-8-3-1-4-9-14/h14-17H,1-13H2,(H4,19,20,21). The van der Waals surface area contributed by atoms with Crippen molar-refractivity contribution in [2.45, 2.75) is 95.2 Å². The van der Waals surface area contributed by atoms with Crippen LogP contribution in [0.3, 0.4) is 0 Å². The van der Waals surface area contributed by atoms with Crippen molar-refractivity contribution in [3.8, 4) is 0 Å². The molecule has 1 heterocycles. The van der Waals surface area contributed by atoms with Crippen LogP contribution in [0.25, 0.3) is 0 Å². The molecule has 2 atom stereocenters. The molecule has 0 aromatic rings. The lowest BCUT2D eigenvalue weighted by Crippen LogP contribution is -2.56. The second-order valence-corrected chi connectivity index (χ2v) is 7.68. The van der Waals surface area contributed by atoms with Gasteiger partial charge in [-0.05, 0) is 51.0 Å². The Hall–Kier alpha value is -0.770. The molecule has 0 amide bonds. The third kappa shape index (κ3) is 3.76. The van der Waals surface area contributed by atoms with E-state index in [-0.39, 0.29) is 5.96 Å². The van der Waals surface area contributed by atoms with E-state index in [9.17, 15) is 0 Å². The minimum absolute atomic E-state index is 0.288. The number of guanidine groups is 1. The van der Waals surface area contributed by atoms with Gasteiger partial charge in [0.25, 0.3) is 0 Å². The quantitative estimate of drug-likeness (QED) is 0.622. The van der Waals surface area contributed by atoms with Gasteiger partial charge < -0.3 is 11.5 Å². The van der Waals surface area contributed by atoms with Crippen molar-refractivity contribution in [1.29, 1.82) is 0 Å². The molecule has 2 aliphatic carbocycles. The Morgan fingerprint density at radius 3 is 2.05 bits per heavy atom. The van der Waals surface area contributed by atoms with Gasteiger partial charge in [-0.25, -0.2) is 4.99 Å². The summed E-state index contributed by atoms with van der Waals surface area (Å²) in [4.78, 5) is 7.51. The highest BCUT2D eigenvalue weighted by Gasteiger charge is 2.40. The topological polar surface area (TPSA) is 67.6 Å². The Labute approximate surface area is 135 Å². The van der Waals surface area contributed by atoms with E-state index in [4.69, 9.17) is 11.5 Å². The molecule has 0 aromatic heterocycles. The van der Waals surface area contributed by atoms with Gasteiger partial charge in [0, 0.05) is 12.1 Å². The van der Waals surface area contributed by atoms with Gasteiger partial charge in [-0.3, -0.25) is 4.90 Å². The van der Waals surface area contributed by atoms with Crippen LogP contribution >= 0.6 is 0 Å². The lowest BCUT2D eigenvalue weighted by Gasteiger charge is -2.49. The molecule has 22 heavy (non-hydrogen) atoms. The lowest BCUT2D eigenvalue weighted by molar-refractivity contribution is 0.0171. The van der Waals surface area contributed by atoms with E-state index in [2.05, 4.69) is 9.89 Å². The molecule has 3 fully saturated rings. The van der Waals surface area contributed by atoms with Crippen LogP contribution in [0.15, 0.2) is 4.99 Å². The first-order chi connectivity index (χ1) is 10.8. The van der Waals surface area contributed by atoms with Crippen molar-refractivity contribution in [2.24, 2.45) is 22.4 Å². The van der Waals surface area contributed by atoms with Crippen molar-refractivity contribution in [2.75, 3.05) is 6.54 Å². The number of hydrogen-bond donors (Lipinski definition) is 2. The van der Waals surface area contributed by atoms with Gasteiger partial charge >= 0.3 is 0 Å². The largest absolute Gasteiger partial charge is 0.370 e. The summed E-state index contributed by atoms with van der Waals surface area (Å²) in [7, 11) is 0. The molecule has 4 heteroatoms. The van der Waals surface area contributed by atoms with Gasteiger partial charge in [0.15, 0.2) is 5.96 Å². The number of rotatable bonds is 3. The van der Waals surface area contributed by atoms with E-state index >= 15 is 0 Å². The summed E-state index contributed by atoms with van der Waals surface area (Å²) in [5.41, 5.74) is 11.5. The van der Waals surface area contributed by atoms with E-state index in [1.54, 1.807) is 0 Å². The van der Waals surface area contributed by atoms with Gasteiger partial charge in [-0.1, -0.05) is 38.5 Å². The molecule has 3 rings (SSSR count). The lowest BCUT2D eigenvalue weighted by atomic mass is 9.76. The summed E-state index contributed by atoms with van der Waals surface area (Å²) in [5.74, 6) is 1.10. The van der Waals surface area contributed by atoms with Crippen LogP contribution in [0.2, 0.25) is 0 Å². The minimum Gasteiger partial charge on any atom is -0.370 e. The molecule has 4 N–H and O–H groups in total. The minimum atomic E-state index is 0.288. The molecule has 0 spiro atoms. The van der Waals surface area contributed by atoms with Crippen molar-refractivity contribution in [1.82, 2.24) is 4.90 Å². The van der Waals surface area contributed by atoms with Gasteiger partial charge in [-0.2, -0.15) is 0 Å². The zero-order valence-electron chi connectivity index (χ0n) is 14.1. The van der Waals surface area contributed by atoms with E-state index in [0.717, 1.165) is 12.0 Å². The molecule has 3 aliphatic rings. The number of likely N-dealkylation sites (tertiary alicyclic amines) is 1. The number of nitrogens with zero attached hydrogens (tertiary/aromatic N) is 2. The first kappa shape index (κ1) is 16.1. The predicted molar refractivity (Wildman–Crippen MR) is 92.8 cm³/mol. The predicted octanol–water partition coefficient (Wildman–Crippen LogP) is 3.01. The van der Waals surface area contributed by atoms with Crippen molar-refractivity contribution >= 4 is 5.96 Å². The maximum Gasteiger partial charge on any atom is 0.186 e. The molecule has 2 saturated carbocycles. The Balaban J connectivity index is 1.79. The van der Waals surface area contributed by atoms with E-state index in [1.165, 1.54) is 83.6 Å². The number of aliphatic imine (C=N–C) groups is 1. The molecule has 1 saturated heterocycles. The summed E-state index contributed by atoms with van der Waals surface area (Å²) in [6, 6.07) is 1.72. The summed E-state index contributed by atoms with van der Waals surface area (Å²) in [6.07, 6.45) is 16.4. The third-order valence-electron chi connectivity index (χ3n) is 6.18. The second-order valence-electron chi connectivity index (χ2n) is 7.68. The van der Waals surface area contributed by atoms with Gasteiger partial charge in [0.05, 0.1) is 6.04 Å². The molecule has 126 valence electrons. The fraction of sp³-hybridized carbons (Fsp3) is 0.944. The first-order valence-corrected chi connectivity index (χ1v) is 9.60. The van der Waals surface area contributed by atoms with Crippen LogP contribution in [0.4, 0.5) is 0 Å². The average Bonchev–Trinajstić information content (AvgIpc) is 2.56. The third-order valence-corrected chi connectivity index (χ3v) is 6.18. The molecular formula is C18H34N4. The van der Waals surface area contributed by atoms with Crippen molar-refractivity contribution < 1.29 is 0 Å². The highest BCUT2D eigenvalue weighted by Crippen LogP contribution is 2.38. The zero-order chi connectivity index (χ0) is 15.4. The van der Waals surface area contributed by atoms with Gasteiger partial charge in [-0.15, -0.1) is 0 Å². The smallest absolute Gasteiger partial charge is 0.186 e. The summed E-state index contributed by atoms with van der Waals surface area (Å²) in [6.45, 7) is 1.27. The molecule has 2 unspecified atom stereocenters. The van der Waals surface area contributed by atoms with Crippen LogP contribution in [0, 0.1) is 5.92 Å². The van der Waals surface area contributed by atoms with Crippen LogP contribution in [-0.2, 0) is 0 Å². The van der Waals surface area contributed by atoms with E-state index in [0.29, 0.717) is 12.1 Å². The maximum atomic E-state index is 5.75.